The second-order valence-corrected chi connectivity index (χ2v) is 7.96. The number of halogens is 1. The number of benzene rings is 2. The van der Waals surface area contributed by atoms with Gasteiger partial charge in [0.25, 0.3) is 5.91 Å². The van der Waals surface area contributed by atoms with E-state index in [2.05, 4.69) is 27.9 Å². The third-order valence-corrected chi connectivity index (χ3v) is 5.85. The molecule has 3 amide bonds. The fourth-order valence-electron chi connectivity index (χ4n) is 3.93. The summed E-state index contributed by atoms with van der Waals surface area (Å²) in [7, 11) is 3.01. The Hall–Kier alpha value is -3.76. The molecule has 3 N–H and O–H groups in total. The SMILES string of the molecule is C=N/C(=N\OCc1ccc2c(c1)CN(C1CCC(=O)NC1=O)C2=O)c1c(Cl)cccc1OC.CN. The van der Waals surface area contributed by atoms with Crippen LogP contribution in [-0.4, -0.2) is 55.4 Å². The lowest BCUT2D eigenvalue weighted by molar-refractivity contribution is -0.136. The Morgan fingerprint density at radius 2 is 2.03 bits per heavy atom. The number of aliphatic imine (C=N–C) groups is 1. The molecule has 0 bridgehead atoms. The number of nitrogens with two attached hydrogens (primary N) is 1. The maximum atomic E-state index is 12.8. The van der Waals surface area contributed by atoms with Crippen molar-refractivity contribution in [2.45, 2.75) is 32.0 Å². The summed E-state index contributed by atoms with van der Waals surface area (Å²) in [6, 6.07) is 9.81. The molecule has 0 saturated carbocycles. The topological polar surface area (TPSA) is 136 Å². The number of imide groups is 1. The molecule has 0 aliphatic carbocycles. The summed E-state index contributed by atoms with van der Waals surface area (Å²) in [6.45, 7) is 3.93. The van der Waals surface area contributed by atoms with E-state index in [0.717, 1.165) is 11.1 Å². The first-order valence-electron chi connectivity index (χ1n) is 10.8. The summed E-state index contributed by atoms with van der Waals surface area (Å²) in [6.07, 6.45) is 0.529. The zero-order valence-corrected chi connectivity index (χ0v) is 20.2. The molecule has 11 heteroatoms. The van der Waals surface area contributed by atoms with E-state index in [-0.39, 0.29) is 37.2 Å². The summed E-state index contributed by atoms with van der Waals surface area (Å²) in [5, 5.41) is 6.74. The fourth-order valence-corrected chi connectivity index (χ4v) is 4.18. The highest BCUT2D eigenvalue weighted by Crippen LogP contribution is 2.29. The van der Waals surface area contributed by atoms with Gasteiger partial charge in [0.2, 0.25) is 17.6 Å². The maximum Gasteiger partial charge on any atom is 0.255 e. The Bertz CT molecular complexity index is 1180. The van der Waals surface area contributed by atoms with Gasteiger partial charge in [-0.2, -0.15) is 0 Å². The van der Waals surface area contributed by atoms with Gasteiger partial charge in [0.15, 0.2) is 0 Å². The molecule has 35 heavy (non-hydrogen) atoms. The van der Waals surface area contributed by atoms with Gasteiger partial charge >= 0.3 is 0 Å². The predicted octanol–water partition coefficient (Wildman–Crippen LogP) is 2.26. The molecule has 2 aromatic rings. The van der Waals surface area contributed by atoms with Gasteiger partial charge in [-0.3, -0.25) is 19.7 Å². The Balaban J connectivity index is 0.00000167. The summed E-state index contributed by atoms with van der Waals surface area (Å²) in [4.78, 5) is 47.3. The first kappa shape index (κ1) is 25.9. The number of methoxy groups -OCH3 is 1. The van der Waals surface area contributed by atoms with Crippen LogP contribution in [-0.2, 0) is 27.6 Å². The maximum absolute atomic E-state index is 12.8. The molecule has 1 atom stereocenters. The molecule has 1 saturated heterocycles. The molecule has 2 heterocycles. The lowest BCUT2D eigenvalue weighted by atomic mass is 10.0. The second kappa shape index (κ2) is 11.6. The molecule has 4 rings (SSSR count). The van der Waals surface area contributed by atoms with Gasteiger partial charge in [-0.25, -0.2) is 4.99 Å². The summed E-state index contributed by atoms with van der Waals surface area (Å²) in [5.74, 6) is -0.318. The number of nitrogens with one attached hydrogen (secondary N) is 1. The van der Waals surface area contributed by atoms with E-state index in [0.29, 0.717) is 28.3 Å². The molecule has 0 spiro atoms. The Kier molecular flexibility index (Phi) is 8.56. The number of carbonyl (C=O) groups excluding carboxylic acids is 3. The molecule has 10 nitrogen and oxygen atoms in total. The van der Waals surface area contributed by atoms with Crippen LogP contribution < -0.4 is 15.8 Å². The first-order valence-corrected chi connectivity index (χ1v) is 11.1. The Morgan fingerprint density at radius 1 is 1.26 bits per heavy atom. The van der Waals surface area contributed by atoms with Crippen molar-refractivity contribution in [2.24, 2.45) is 15.9 Å². The number of hydrogen-bond acceptors (Lipinski definition) is 7. The minimum Gasteiger partial charge on any atom is -0.496 e. The zero-order valence-electron chi connectivity index (χ0n) is 19.4. The van der Waals surface area contributed by atoms with Crippen LogP contribution in [0.2, 0.25) is 5.02 Å². The third kappa shape index (κ3) is 5.50. The molecule has 0 aromatic heterocycles. The number of carbonyl (C=O) groups is 3. The van der Waals surface area contributed by atoms with E-state index in [9.17, 15) is 14.4 Å². The van der Waals surface area contributed by atoms with Gasteiger partial charge in [-0.1, -0.05) is 28.9 Å². The van der Waals surface area contributed by atoms with E-state index >= 15 is 0 Å². The molecular formula is C24H26ClN5O5. The van der Waals surface area contributed by atoms with Crippen molar-refractivity contribution in [2.75, 3.05) is 14.2 Å². The monoisotopic (exact) mass is 499 g/mol. The normalized spacial score (nSPS) is 17.3. The summed E-state index contributed by atoms with van der Waals surface area (Å²) in [5.41, 5.74) is 7.06. The fraction of sp³-hybridized carbons (Fsp3) is 0.292. The van der Waals surface area contributed by atoms with Crippen LogP contribution >= 0.6 is 11.6 Å². The smallest absolute Gasteiger partial charge is 0.255 e. The number of piperidine rings is 1. The van der Waals surface area contributed by atoms with Crippen molar-refractivity contribution in [3.63, 3.8) is 0 Å². The van der Waals surface area contributed by atoms with Gasteiger partial charge in [-0.05, 0) is 55.6 Å². The van der Waals surface area contributed by atoms with E-state index < -0.39 is 11.9 Å². The van der Waals surface area contributed by atoms with E-state index in [1.807, 2.05) is 6.07 Å². The van der Waals surface area contributed by atoms with Crippen LogP contribution in [0.25, 0.3) is 0 Å². The van der Waals surface area contributed by atoms with Crippen LogP contribution in [0, 0.1) is 0 Å². The van der Waals surface area contributed by atoms with Crippen LogP contribution in [0.1, 0.15) is 39.9 Å². The van der Waals surface area contributed by atoms with Gasteiger partial charge in [0.1, 0.15) is 18.4 Å². The standard InChI is InChI=1S/C23H21ClN4O5.CH5N/c1-25-21(20-16(24)4-3-5-18(20)32-2)27-33-12-13-6-7-15-14(10-13)11-28(23(15)31)17-8-9-19(29)26-22(17)30;1-2/h3-7,10,17H,1,8-9,11-12H2,2H3,(H,26,29,30);2H2,1H3/b27-21-;. The lowest BCUT2D eigenvalue weighted by Gasteiger charge is -2.29. The van der Waals surface area contributed by atoms with Crippen molar-refractivity contribution in [1.82, 2.24) is 10.2 Å². The van der Waals surface area contributed by atoms with E-state index in [1.165, 1.54) is 19.1 Å². The van der Waals surface area contributed by atoms with Crippen molar-refractivity contribution >= 4 is 41.9 Å². The molecular weight excluding hydrogens is 474 g/mol. The van der Waals surface area contributed by atoms with Crippen LogP contribution in [0.3, 0.4) is 0 Å². The number of amidine groups is 1. The third-order valence-electron chi connectivity index (χ3n) is 5.54. The van der Waals surface area contributed by atoms with Crippen molar-refractivity contribution < 1.29 is 24.0 Å². The van der Waals surface area contributed by atoms with E-state index in [1.54, 1.807) is 30.3 Å². The number of amides is 3. The molecule has 184 valence electrons. The molecule has 2 aromatic carbocycles. The van der Waals surface area contributed by atoms with Crippen LogP contribution in [0.5, 0.6) is 5.75 Å². The van der Waals surface area contributed by atoms with Gasteiger partial charge in [0.05, 0.1) is 17.7 Å². The van der Waals surface area contributed by atoms with Gasteiger partial charge < -0.3 is 20.2 Å². The molecule has 1 fully saturated rings. The minimum absolute atomic E-state index is 0.117. The van der Waals surface area contributed by atoms with Crippen LogP contribution in [0.15, 0.2) is 46.5 Å². The van der Waals surface area contributed by atoms with Gasteiger partial charge in [0, 0.05) is 18.5 Å². The number of nitrogens with zero attached hydrogens (tertiary/aromatic N) is 3. The molecule has 1 unspecified atom stereocenters. The molecule has 0 radical (unpaired) electrons. The molecule has 2 aliphatic heterocycles. The van der Waals surface area contributed by atoms with E-state index in [4.69, 9.17) is 21.2 Å². The summed E-state index contributed by atoms with van der Waals surface area (Å²) < 4.78 is 5.32. The minimum atomic E-state index is -0.654. The van der Waals surface area contributed by atoms with Gasteiger partial charge in [-0.15, -0.1) is 0 Å². The number of ether oxygens (including phenoxy) is 1. The number of fused-ring (bicyclic) bond motifs is 1. The largest absolute Gasteiger partial charge is 0.496 e. The average molecular weight is 500 g/mol. The average Bonchev–Trinajstić information content (AvgIpc) is 3.18. The van der Waals surface area contributed by atoms with Crippen molar-refractivity contribution in [3.8, 4) is 5.75 Å². The first-order chi connectivity index (χ1) is 16.9. The predicted molar refractivity (Wildman–Crippen MR) is 131 cm³/mol. The summed E-state index contributed by atoms with van der Waals surface area (Å²) >= 11 is 6.26. The Morgan fingerprint density at radius 3 is 2.71 bits per heavy atom. The highest BCUT2D eigenvalue weighted by molar-refractivity contribution is 6.34. The van der Waals surface area contributed by atoms with Crippen LogP contribution in [0.4, 0.5) is 0 Å². The number of hydrogen-bond donors (Lipinski definition) is 2. The number of rotatable bonds is 6. The number of oxime groups is 1. The Labute approximate surface area is 207 Å². The zero-order chi connectivity index (χ0) is 25.5. The lowest BCUT2D eigenvalue weighted by Crippen LogP contribution is -2.52. The van der Waals surface area contributed by atoms with Crippen molar-refractivity contribution in [3.05, 3.63) is 63.7 Å². The highest BCUT2D eigenvalue weighted by Gasteiger charge is 2.39. The quantitative estimate of drug-likeness (QED) is 0.271. The highest BCUT2D eigenvalue weighted by atomic mass is 35.5. The molecule has 2 aliphatic rings. The van der Waals surface area contributed by atoms with Crippen molar-refractivity contribution in [1.29, 1.82) is 0 Å². The second-order valence-electron chi connectivity index (χ2n) is 7.55.